The summed E-state index contributed by atoms with van der Waals surface area (Å²) in [6.07, 6.45) is 6.12. The number of hydrogen-bond acceptors (Lipinski definition) is 4. The SMILES string of the molecule is CC1(C)CCC(CC(C)(C)C(=O)N[C@H]2C[C@@H](CN)N(C(=O)OC(C)(C)C)C2)CC1. The topological polar surface area (TPSA) is 84.7 Å². The van der Waals surface area contributed by atoms with Gasteiger partial charge in [-0.15, -0.1) is 0 Å². The molecule has 2 rings (SSSR count). The summed E-state index contributed by atoms with van der Waals surface area (Å²) in [5, 5.41) is 3.19. The summed E-state index contributed by atoms with van der Waals surface area (Å²) >= 11 is 0. The zero-order valence-corrected chi connectivity index (χ0v) is 19.6. The molecule has 168 valence electrons. The molecular weight excluding hydrogens is 366 g/mol. The van der Waals surface area contributed by atoms with Crippen molar-refractivity contribution in [2.75, 3.05) is 13.1 Å². The number of carbonyl (C=O) groups is 2. The third-order valence-corrected chi connectivity index (χ3v) is 6.52. The Balaban J connectivity index is 1.91. The van der Waals surface area contributed by atoms with Crippen molar-refractivity contribution in [3.05, 3.63) is 0 Å². The zero-order chi connectivity index (χ0) is 22.0. The monoisotopic (exact) mass is 409 g/mol. The molecule has 2 atom stereocenters. The van der Waals surface area contributed by atoms with Crippen LogP contribution < -0.4 is 11.1 Å². The summed E-state index contributed by atoms with van der Waals surface area (Å²) in [5.74, 6) is 0.691. The van der Waals surface area contributed by atoms with Gasteiger partial charge in [-0.2, -0.15) is 0 Å². The standard InChI is InChI=1S/C23H43N3O3/c1-21(2,3)29-20(28)26-15-17(12-18(26)14-24)25-19(27)23(6,7)13-16-8-10-22(4,5)11-9-16/h16-18H,8-15,24H2,1-7H3,(H,25,27)/t17-,18-/m0/s1. The largest absolute Gasteiger partial charge is 0.444 e. The van der Waals surface area contributed by atoms with Gasteiger partial charge in [0.05, 0.1) is 0 Å². The van der Waals surface area contributed by atoms with Gasteiger partial charge in [0.1, 0.15) is 5.60 Å². The molecule has 1 aliphatic heterocycles. The molecule has 0 unspecified atom stereocenters. The summed E-state index contributed by atoms with van der Waals surface area (Å²) in [5.41, 5.74) is 5.37. The molecule has 1 heterocycles. The van der Waals surface area contributed by atoms with Crippen molar-refractivity contribution in [3.8, 4) is 0 Å². The van der Waals surface area contributed by atoms with Crippen LogP contribution in [0.1, 0.15) is 87.0 Å². The number of hydrogen-bond donors (Lipinski definition) is 2. The highest BCUT2D eigenvalue weighted by Gasteiger charge is 2.40. The molecule has 0 aromatic rings. The predicted octanol–water partition coefficient (Wildman–Crippen LogP) is 4.07. The molecular formula is C23H43N3O3. The van der Waals surface area contributed by atoms with Crippen LogP contribution in [0.3, 0.4) is 0 Å². The molecule has 6 nitrogen and oxygen atoms in total. The lowest BCUT2D eigenvalue weighted by Crippen LogP contribution is -2.46. The number of likely N-dealkylation sites (tertiary alicyclic amines) is 1. The van der Waals surface area contributed by atoms with Gasteiger partial charge in [-0.05, 0) is 70.6 Å². The maximum atomic E-state index is 13.0. The fourth-order valence-electron chi connectivity index (χ4n) is 4.65. The third-order valence-electron chi connectivity index (χ3n) is 6.52. The lowest BCUT2D eigenvalue weighted by atomic mass is 9.69. The summed E-state index contributed by atoms with van der Waals surface area (Å²) < 4.78 is 5.51. The van der Waals surface area contributed by atoms with Crippen molar-refractivity contribution in [1.29, 1.82) is 0 Å². The van der Waals surface area contributed by atoms with Crippen LogP contribution in [0.25, 0.3) is 0 Å². The van der Waals surface area contributed by atoms with Gasteiger partial charge in [-0.1, -0.05) is 27.7 Å². The van der Waals surface area contributed by atoms with E-state index in [1.807, 2.05) is 34.6 Å². The second kappa shape index (κ2) is 8.83. The van der Waals surface area contributed by atoms with Gasteiger partial charge < -0.3 is 20.7 Å². The van der Waals surface area contributed by atoms with Gasteiger partial charge in [0, 0.05) is 30.6 Å². The summed E-state index contributed by atoms with van der Waals surface area (Å²) in [6, 6.07) is -0.174. The van der Waals surface area contributed by atoms with Crippen molar-refractivity contribution in [3.63, 3.8) is 0 Å². The van der Waals surface area contributed by atoms with Gasteiger partial charge in [0.25, 0.3) is 0 Å². The lowest BCUT2D eigenvalue weighted by molar-refractivity contribution is -0.131. The van der Waals surface area contributed by atoms with E-state index in [2.05, 4.69) is 19.2 Å². The van der Waals surface area contributed by atoms with Crippen LogP contribution in [0.15, 0.2) is 0 Å². The second-order valence-corrected chi connectivity index (χ2v) is 11.6. The van der Waals surface area contributed by atoms with Crippen LogP contribution in [0.2, 0.25) is 0 Å². The summed E-state index contributed by atoms with van der Waals surface area (Å²) in [7, 11) is 0. The normalized spacial score (nSPS) is 25.7. The van der Waals surface area contributed by atoms with Crippen LogP contribution in [0.5, 0.6) is 0 Å². The minimum atomic E-state index is -0.548. The van der Waals surface area contributed by atoms with E-state index in [1.54, 1.807) is 4.90 Å². The molecule has 1 saturated carbocycles. The van der Waals surface area contributed by atoms with Crippen molar-refractivity contribution in [2.45, 2.75) is 105 Å². The Kier molecular flexibility index (Phi) is 7.30. The van der Waals surface area contributed by atoms with Gasteiger partial charge in [0.15, 0.2) is 0 Å². The Bertz CT molecular complexity index is 585. The number of carbonyl (C=O) groups excluding carboxylic acids is 2. The molecule has 29 heavy (non-hydrogen) atoms. The molecule has 2 aliphatic rings. The van der Waals surface area contributed by atoms with Gasteiger partial charge in [0.2, 0.25) is 5.91 Å². The van der Waals surface area contributed by atoms with E-state index in [-0.39, 0.29) is 24.1 Å². The molecule has 0 aromatic heterocycles. The van der Waals surface area contributed by atoms with E-state index >= 15 is 0 Å². The van der Waals surface area contributed by atoms with Crippen molar-refractivity contribution in [1.82, 2.24) is 10.2 Å². The smallest absolute Gasteiger partial charge is 0.410 e. The number of nitrogens with zero attached hydrogens (tertiary/aromatic N) is 1. The van der Waals surface area contributed by atoms with E-state index in [9.17, 15) is 9.59 Å². The minimum absolute atomic E-state index is 0.0758. The van der Waals surface area contributed by atoms with Crippen LogP contribution in [-0.4, -0.2) is 47.7 Å². The number of nitrogens with one attached hydrogen (secondary N) is 1. The Morgan fingerprint density at radius 1 is 1.14 bits per heavy atom. The Morgan fingerprint density at radius 3 is 2.24 bits per heavy atom. The van der Waals surface area contributed by atoms with E-state index in [0.717, 1.165) is 6.42 Å². The molecule has 2 fully saturated rings. The first-order chi connectivity index (χ1) is 13.2. The number of rotatable bonds is 5. The van der Waals surface area contributed by atoms with Crippen LogP contribution >= 0.6 is 0 Å². The highest BCUT2D eigenvalue weighted by atomic mass is 16.6. The molecule has 1 saturated heterocycles. The quantitative estimate of drug-likeness (QED) is 0.717. The molecule has 0 bridgehead atoms. The maximum Gasteiger partial charge on any atom is 0.410 e. The van der Waals surface area contributed by atoms with E-state index in [1.165, 1.54) is 25.7 Å². The average Bonchev–Trinajstić information content (AvgIpc) is 2.98. The number of amides is 2. The first kappa shape index (κ1) is 24.0. The first-order valence-electron chi connectivity index (χ1n) is 11.2. The lowest BCUT2D eigenvalue weighted by Gasteiger charge is -2.37. The van der Waals surface area contributed by atoms with E-state index < -0.39 is 11.0 Å². The van der Waals surface area contributed by atoms with Crippen molar-refractivity contribution >= 4 is 12.0 Å². The first-order valence-corrected chi connectivity index (χ1v) is 11.2. The molecule has 3 N–H and O–H groups in total. The number of ether oxygens (including phenoxy) is 1. The van der Waals surface area contributed by atoms with Crippen LogP contribution in [0, 0.1) is 16.7 Å². The zero-order valence-electron chi connectivity index (χ0n) is 19.6. The molecule has 0 radical (unpaired) electrons. The minimum Gasteiger partial charge on any atom is -0.444 e. The molecule has 6 heteroatoms. The second-order valence-electron chi connectivity index (χ2n) is 11.6. The molecule has 0 aromatic carbocycles. The van der Waals surface area contributed by atoms with Crippen molar-refractivity contribution in [2.24, 2.45) is 22.5 Å². The van der Waals surface area contributed by atoms with Crippen LogP contribution in [0.4, 0.5) is 4.79 Å². The van der Waals surface area contributed by atoms with Crippen LogP contribution in [-0.2, 0) is 9.53 Å². The predicted molar refractivity (Wildman–Crippen MR) is 116 cm³/mol. The number of nitrogens with two attached hydrogens (primary N) is 1. The summed E-state index contributed by atoms with van der Waals surface area (Å²) in [6.45, 7) is 15.2. The van der Waals surface area contributed by atoms with E-state index in [4.69, 9.17) is 10.5 Å². The highest BCUT2D eigenvalue weighted by Crippen LogP contribution is 2.42. The maximum absolute atomic E-state index is 13.0. The van der Waals surface area contributed by atoms with Gasteiger partial charge in [-0.3, -0.25) is 4.79 Å². The molecule has 0 spiro atoms. The van der Waals surface area contributed by atoms with Crippen molar-refractivity contribution < 1.29 is 14.3 Å². The Labute approximate surface area is 177 Å². The van der Waals surface area contributed by atoms with Gasteiger partial charge >= 0.3 is 6.09 Å². The fraction of sp³-hybridized carbons (Fsp3) is 0.913. The Morgan fingerprint density at radius 2 is 1.72 bits per heavy atom. The van der Waals surface area contributed by atoms with E-state index in [0.29, 0.717) is 30.8 Å². The highest BCUT2D eigenvalue weighted by molar-refractivity contribution is 5.82. The average molecular weight is 410 g/mol. The van der Waals surface area contributed by atoms with Gasteiger partial charge in [-0.25, -0.2) is 4.79 Å². The third kappa shape index (κ3) is 6.87. The molecule has 1 aliphatic carbocycles. The fourth-order valence-corrected chi connectivity index (χ4v) is 4.65. The summed E-state index contributed by atoms with van der Waals surface area (Å²) in [4.78, 5) is 27.2. The Hall–Kier alpha value is -1.30. The molecule has 2 amide bonds.